The summed E-state index contributed by atoms with van der Waals surface area (Å²) in [5, 5.41) is 0. The second kappa shape index (κ2) is 4.47. The maximum atomic E-state index is 2.19. The van der Waals surface area contributed by atoms with Gasteiger partial charge in [-0.2, -0.15) is 16.7 Å². The first kappa shape index (κ1) is 7.31. The Morgan fingerprint density at radius 3 is 2.14 bits per heavy atom. The average molecular weight is 119 g/mol. The quantitative estimate of drug-likeness (QED) is 0.497. The molecule has 0 N–H and O–H groups in total. The van der Waals surface area contributed by atoms with Crippen LogP contribution in [0.15, 0.2) is 0 Å². The zero-order valence-corrected chi connectivity index (χ0v) is 6.09. The van der Waals surface area contributed by atoms with Gasteiger partial charge in [-0.1, -0.05) is 0 Å². The fraction of sp³-hybridized carbons (Fsp3) is 1.00. The normalized spacial score (nSPS) is 10.3. The number of rotatable bonds is 3. The number of nitrogens with zero attached hydrogens (tertiary/aromatic N) is 1. The van der Waals surface area contributed by atoms with Crippen LogP contribution in [-0.4, -0.2) is 32.6 Å². The van der Waals surface area contributed by atoms with Gasteiger partial charge in [0.25, 0.3) is 0 Å². The highest BCUT2D eigenvalue weighted by Gasteiger charge is 1.93. The van der Waals surface area contributed by atoms with Crippen molar-refractivity contribution in [1.82, 2.24) is 4.90 Å². The third-order valence-corrected chi connectivity index (χ3v) is 1.33. The van der Waals surface area contributed by atoms with E-state index in [0.717, 1.165) is 0 Å². The van der Waals surface area contributed by atoms with Crippen molar-refractivity contribution in [3.8, 4) is 0 Å². The maximum absolute atomic E-state index is 2.19. The van der Waals surface area contributed by atoms with E-state index in [1.807, 2.05) is 11.8 Å². The van der Waals surface area contributed by atoms with E-state index in [1.54, 1.807) is 0 Å². The number of hydrogen-bond acceptors (Lipinski definition) is 2. The van der Waals surface area contributed by atoms with Crippen molar-refractivity contribution in [3.05, 3.63) is 0 Å². The summed E-state index contributed by atoms with van der Waals surface area (Å²) in [5.41, 5.74) is 0. The highest BCUT2D eigenvalue weighted by atomic mass is 32.2. The molecule has 0 aromatic heterocycles. The van der Waals surface area contributed by atoms with E-state index in [0.29, 0.717) is 0 Å². The third kappa shape index (κ3) is 6.31. The topological polar surface area (TPSA) is 5.90 Å². The van der Waals surface area contributed by atoms with Crippen LogP contribution < -0.4 is 4.90 Å². The summed E-state index contributed by atoms with van der Waals surface area (Å²) in [4.78, 5) is 2.19. The first-order valence-electron chi connectivity index (χ1n) is 2.41. The van der Waals surface area contributed by atoms with E-state index in [4.69, 9.17) is 0 Å². The average Bonchev–Trinajstić information content (AvgIpc) is 1.61. The lowest BCUT2D eigenvalue weighted by Crippen LogP contribution is -2.21. The Kier molecular flexibility index (Phi) is 4.67. The Bertz CT molecular complexity index is 37.1. The van der Waals surface area contributed by atoms with E-state index < -0.39 is 0 Å². The molecule has 0 saturated heterocycles. The number of thioether (sulfide) groups is 1. The summed E-state index contributed by atoms with van der Waals surface area (Å²) in [7, 11) is 4.19. The van der Waals surface area contributed by atoms with E-state index >= 15 is 0 Å². The lowest BCUT2D eigenvalue weighted by Gasteiger charge is -1.95. The smallest absolute Gasteiger partial charge is 0.131 e. The van der Waals surface area contributed by atoms with Crippen LogP contribution in [-0.2, 0) is 0 Å². The van der Waals surface area contributed by atoms with Gasteiger partial charge in [-0.05, 0) is 6.26 Å². The molecule has 2 heteroatoms. The lowest BCUT2D eigenvalue weighted by atomic mass is 10.7. The molecule has 0 heterocycles. The zero-order chi connectivity index (χ0) is 5.70. The summed E-state index contributed by atoms with van der Waals surface area (Å²) < 4.78 is 0. The predicted octanol–water partition coefficient (Wildman–Crippen LogP) is 0.749. The zero-order valence-electron chi connectivity index (χ0n) is 5.27. The molecule has 0 unspecified atom stereocenters. The van der Waals surface area contributed by atoms with Crippen LogP contribution in [0.3, 0.4) is 0 Å². The van der Waals surface area contributed by atoms with Crippen molar-refractivity contribution in [2.45, 2.75) is 0 Å². The van der Waals surface area contributed by atoms with Gasteiger partial charge in [-0.3, -0.25) is 0 Å². The van der Waals surface area contributed by atoms with E-state index in [-0.39, 0.29) is 0 Å². The molecule has 0 atom stereocenters. The molecule has 43 valence electrons. The van der Waals surface area contributed by atoms with Crippen molar-refractivity contribution in [3.63, 3.8) is 0 Å². The molecule has 0 spiro atoms. The fourth-order valence-corrected chi connectivity index (χ4v) is 0.822. The molecule has 0 aromatic carbocycles. The predicted molar refractivity (Wildman–Crippen MR) is 37.2 cm³/mol. The minimum atomic E-state index is 1.20. The number of hydrogen-bond donors (Lipinski definition) is 0. The minimum absolute atomic E-state index is 1.20. The van der Waals surface area contributed by atoms with Crippen molar-refractivity contribution in [2.24, 2.45) is 0 Å². The first-order chi connectivity index (χ1) is 3.27. The van der Waals surface area contributed by atoms with Gasteiger partial charge < -0.3 is 0 Å². The monoisotopic (exact) mass is 119 g/mol. The van der Waals surface area contributed by atoms with Gasteiger partial charge in [0, 0.05) is 5.75 Å². The molecule has 7 heavy (non-hydrogen) atoms. The Morgan fingerprint density at radius 2 is 2.00 bits per heavy atom. The second-order valence-corrected chi connectivity index (χ2v) is 2.78. The highest BCUT2D eigenvalue weighted by molar-refractivity contribution is 7.98. The van der Waals surface area contributed by atoms with Gasteiger partial charge in [0.15, 0.2) is 0 Å². The second-order valence-electron chi connectivity index (χ2n) is 1.80. The van der Waals surface area contributed by atoms with Crippen LogP contribution in [0, 0.1) is 0 Å². The summed E-state index contributed by atoms with van der Waals surface area (Å²) in [5.74, 6) is 1.24. The molecule has 0 saturated carbocycles. The van der Waals surface area contributed by atoms with E-state index in [9.17, 15) is 0 Å². The van der Waals surface area contributed by atoms with Crippen LogP contribution in [0.25, 0.3) is 0 Å². The summed E-state index contributed by atoms with van der Waals surface area (Å²) in [6, 6.07) is 0. The van der Waals surface area contributed by atoms with Gasteiger partial charge in [0.05, 0.1) is 0 Å². The molecule has 0 rings (SSSR count). The standard InChI is InChI=1S/C5H13NS/c1-6(2)4-5-7-3/h4-5H2,1-3H3/q+1. The van der Waals surface area contributed by atoms with Gasteiger partial charge in [-0.25, -0.2) is 0 Å². The van der Waals surface area contributed by atoms with Crippen molar-refractivity contribution < 1.29 is 0 Å². The van der Waals surface area contributed by atoms with E-state index in [2.05, 4.69) is 25.3 Å². The molecule has 0 aliphatic rings. The molecular weight excluding hydrogens is 106 g/mol. The Balaban J connectivity index is 2.68. The van der Waals surface area contributed by atoms with Gasteiger partial charge in [0.2, 0.25) is 0 Å². The Labute approximate surface area is 50.1 Å². The lowest BCUT2D eigenvalue weighted by molar-refractivity contribution is 0.601. The molecule has 0 aliphatic heterocycles. The molecule has 0 amide bonds. The highest BCUT2D eigenvalue weighted by Crippen LogP contribution is 1.88. The van der Waals surface area contributed by atoms with Crippen molar-refractivity contribution in [2.75, 3.05) is 32.6 Å². The minimum Gasteiger partial charge on any atom is -0.175 e. The molecule has 0 aliphatic carbocycles. The van der Waals surface area contributed by atoms with Gasteiger partial charge in [0.1, 0.15) is 20.6 Å². The van der Waals surface area contributed by atoms with Crippen LogP contribution in [0.4, 0.5) is 0 Å². The molecule has 1 nitrogen and oxygen atoms in total. The third-order valence-electron chi connectivity index (χ3n) is 0.743. The van der Waals surface area contributed by atoms with E-state index in [1.165, 1.54) is 12.3 Å². The molecule has 0 fully saturated rings. The summed E-state index contributed by atoms with van der Waals surface area (Å²) in [6.07, 6.45) is 2.13. The summed E-state index contributed by atoms with van der Waals surface area (Å²) in [6.45, 7) is 1.20. The van der Waals surface area contributed by atoms with Crippen molar-refractivity contribution >= 4 is 11.8 Å². The fourth-order valence-electron chi connectivity index (χ4n) is 0.274. The van der Waals surface area contributed by atoms with Gasteiger partial charge >= 0.3 is 0 Å². The maximum Gasteiger partial charge on any atom is 0.131 e. The Morgan fingerprint density at radius 1 is 1.43 bits per heavy atom. The molecule has 0 bridgehead atoms. The summed E-state index contributed by atoms with van der Waals surface area (Å²) >= 11 is 1.89. The van der Waals surface area contributed by atoms with Crippen LogP contribution in [0.2, 0.25) is 0 Å². The van der Waals surface area contributed by atoms with Crippen molar-refractivity contribution in [1.29, 1.82) is 0 Å². The largest absolute Gasteiger partial charge is 0.175 e. The van der Waals surface area contributed by atoms with Crippen LogP contribution in [0.1, 0.15) is 0 Å². The van der Waals surface area contributed by atoms with Crippen LogP contribution >= 0.6 is 11.8 Å². The van der Waals surface area contributed by atoms with Crippen LogP contribution in [0.5, 0.6) is 0 Å². The molecular formula is C5H13NS+. The molecule has 1 radical (unpaired) electrons. The van der Waals surface area contributed by atoms with Gasteiger partial charge in [-0.15, -0.1) is 0 Å². The Hall–Kier alpha value is 0.310. The SMILES string of the molecule is CSCC[N+](C)C. The first-order valence-corrected chi connectivity index (χ1v) is 3.80. The molecule has 0 aromatic rings.